The molecule has 2 aliphatic rings. The van der Waals surface area contributed by atoms with Crippen LogP contribution in [0.4, 0.5) is 11.4 Å². The summed E-state index contributed by atoms with van der Waals surface area (Å²) in [5.74, 6) is 0. The SMILES string of the molecule is N#Cc1ccc(N)c(N2CCC3(CCCC3)CC2)c1. The fraction of sp³-hybridized carbons (Fsp3) is 0.562. The zero-order valence-corrected chi connectivity index (χ0v) is 11.4. The van der Waals surface area contributed by atoms with E-state index in [2.05, 4.69) is 11.0 Å². The van der Waals surface area contributed by atoms with Gasteiger partial charge in [-0.1, -0.05) is 12.8 Å². The van der Waals surface area contributed by atoms with Crippen molar-refractivity contribution in [3.8, 4) is 6.07 Å². The lowest BCUT2D eigenvalue weighted by molar-refractivity contribution is 0.226. The Hall–Kier alpha value is -1.69. The lowest BCUT2D eigenvalue weighted by Crippen LogP contribution is -2.39. The van der Waals surface area contributed by atoms with Crippen LogP contribution < -0.4 is 10.6 Å². The van der Waals surface area contributed by atoms with Crippen molar-refractivity contribution in [3.05, 3.63) is 23.8 Å². The summed E-state index contributed by atoms with van der Waals surface area (Å²) in [6.45, 7) is 2.16. The summed E-state index contributed by atoms with van der Waals surface area (Å²) >= 11 is 0. The standard InChI is InChI=1S/C16H21N3/c17-12-13-3-4-14(18)15(11-13)19-9-7-16(8-10-19)5-1-2-6-16/h3-4,11H,1-2,5-10,18H2. The van der Waals surface area contributed by atoms with Crippen molar-refractivity contribution in [2.45, 2.75) is 38.5 Å². The van der Waals surface area contributed by atoms with Crippen molar-refractivity contribution in [3.63, 3.8) is 0 Å². The maximum Gasteiger partial charge on any atom is 0.0992 e. The van der Waals surface area contributed by atoms with E-state index < -0.39 is 0 Å². The first kappa shape index (κ1) is 12.3. The molecule has 3 heteroatoms. The molecule has 0 radical (unpaired) electrons. The minimum Gasteiger partial charge on any atom is -0.397 e. The lowest BCUT2D eigenvalue weighted by atomic mass is 9.77. The highest BCUT2D eigenvalue weighted by atomic mass is 15.1. The number of rotatable bonds is 1. The molecular formula is C16H21N3. The highest BCUT2D eigenvalue weighted by Crippen LogP contribution is 2.47. The van der Waals surface area contributed by atoms with E-state index in [9.17, 15) is 0 Å². The normalized spacial score (nSPS) is 21.5. The molecule has 0 unspecified atom stereocenters. The van der Waals surface area contributed by atoms with Crippen LogP contribution in [-0.4, -0.2) is 13.1 Å². The predicted octanol–water partition coefficient (Wildman–Crippen LogP) is 3.30. The van der Waals surface area contributed by atoms with Crippen molar-refractivity contribution in [2.24, 2.45) is 5.41 Å². The van der Waals surface area contributed by atoms with Crippen molar-refractivity contribution < 1.29 is 0 Å². The van der Waals surface area contributed by atoms with Crippen molar-refractivity contribution in [1.29, 1.82) is 5.26 Å². The van der Waals surface area contributed by atoms with Gasteiger partial charge in [-0.15, -0.1) is 0 Å². The zero-order chi connectivity index (χ0) is 13.3. The van der Waals surface area contributed by atoms with Gasteiger partial charge < -0.3 is 10.6 Å². The summed E-state index contributed by atoms with van der Waals surface area (Å²) in [5, 5.41) is 9.01. The van der Waals surface area contributed by atoms with E-state index in [0.29, 0.717) is 11.0 Å². The number of piperidine rings is 1. The van der Waals surface area contributed by atoms with Crippen molar-refractivity contribution in [1.82, 2.24) is 0 Å². The first-order chi connectivity index (χ1) is 9.22. The number of nitriles is 1. The molecule has 1 saturated heterocycles. The Balaban J connectivity index is 1.76. The van der Waals surface area contributed by atoms with Crippen LogP contribution in [0, 0.1) is 16.7 Å². The van der Waals surface area contributed by atoms with Gasteiger partial charge in [0.1, 0.15) is 0 Å². The van der Waals surface area contributed by atoms with E-state index >= 15 is 0 Å². The number of benzene rings is 1. The van der Waals surface area contributed by atoms with E-state index in [0.717, 1.165) is 24.5 Å². The third-order valence-electron chi connectivity index (χ3n) is 4.99. The topological polar surface area (TPSA) is 53.1 Å². The molecule has 1 aromatic rings. The fourth-order valence-electron chi connectivity index (χ4n) is 3.73. The number of nitrogens with two attached hydrogens (primary N) is 1. The Bertz CT molecular complexity index is 499. The molecule has 1 aromatic carbocycles. The Morgan fingerprint density at radius 2 is 1.79 bits per heavy atom. The smallest absolute Gasteiger partial charge is 0.0992 e. The molecule has 0 aromatic heterocycles. The molecule has 19 heavy (non-hydrogen) atoms. The first-order valence-corrected chi connectivity index (χ1v) is 7.27. The number of anilines is 2. The van der Waals surface area contributed by atoms with Gasteiger partial charge in [0.15, 0.2) is 0 Å². The molecule has 2 N–H and O–H groups in total. The maximum absolute atomic E-state index is 9.01. The van der Waals surface area contributed by atoms with Gasteiger partial charge in [0, 0.05) is 13.1 Å². The summed E-state index contributed by atoms with van der Waals surface area (Å²) in [6.07, 6.45) is 8.20. The Morgan fingerprint density at radius 1 is 1.11 bits per heavy atom. The molecule has 1 saturated carbocycles. The molecule has 1 heterocycles. The van der Waals surface area contributed by atoms with Crippen LogP contribution >= 0.6 is 0 Å². The molecule has 0 bridgehead atoms. The number of hydrogen-bond donors (Lipinski definition) is 1. The van der Waals surface area contributed by atoms with Crippen molar-refractivity contribution in [2.75, 3.05) is 23.7 Å². The van der Waals surface area contributed by atoms with Crippen LogP contribution in [0.2, 0.25) is 0 Å². The highest BCUT2D eigenvalue weighted by Gasteiger charge is 2.37. The fourth-order valence-corrected chi connectivity index (χ4v) is 3.73. The van der Waals surface area contributed by atoms with Gasteiger partial charge in [-0.3, -0.25) is 0 Å². The Labute approximate surface area is 115 Å². The minimum absolute atomic E-state index is 0.623. The summed E-state index contributed by atoms with van der Waals surface area (Å²) in [4.78, 5) is 2.36. The predicted molar refractivity (Wildman–Crippen MR) is 77.9 cm³/mol. The quantitative estimate of drug-likeness (QED) is 0.783. The molecule has 3 rings (SSSR count). The largest absolute Gasteiger partial charge is 0.397 e. The van der Waals surface area contributed by atoms with Crippen LogP contribution in [-0.2, 0) is 0 Å². The third-order valence-corrected chi connectivity index (χ3v) is 4.99. The number of nitrogen functional groups attached to an aromatic ring is 1. The molecule has 1 aliphatic carbocycles. The number of hydrogen-bond acceptors (Lipinski definition) is 3. The second-order valence-corrected chi connectivity index (χ2v) is 6.08. The molecule has 1 spiro atoms. The van der Waals surface area contributed by atoms with E-state index in [-0.39, 0.29) is 0 Å². The van der Waals surface area contributed by atoms with Gasteiger partial charge in [0.2, 0.25) is 0 Å². The van der Waals surface area contributed by atoms with E-state index in [1.807, 2.05) is 12.1 Å². The molecule has 0 atom stereocenters. The van der Waals surface area contributed by atoms with Gasteiger partial charge >= 0.3 is 0 Å². The van der Waals surface area contributed by atoms with Gasteiger partial charge in [0.25, 0.3) is 0 Å². The van der Waals surface area contributed by atoms with Gasteiger partial charge in [-0.05, 0) is 49.3 Å². The van der Waals surface area contributed by atoms with Crippen molar-refractivity contribution >= 4 is 11.4 Å². The van der Waals surface area contributed by atoms with E-state index in [4.69, 9.17) is 11.0 Å². The first-order valence-electron chi connectivity index (χ1n) is 7.27. The Morgan fingerprint density at radius 3 is 2.42 bits per heavy atom. The summed E-state index contributed by atoms with van der Waals surface area (Å²) in [6, 6.07) is 7.78. The molecule has 1 aliphatic heterocycles. The summed E-state index contributed by atoms with van der Waals surface area (Å²) < 4.78 is 0. The van der Waals surface area contributed by atoms with Gasteiger partial charge in [-0.2, -0.15) is 5.26 Å². The van der Waals surface area contributed by atoms with Crippen LogP contribution in [0.5, 0.6) is 0 Å². The summed E-state index contributed by atoms with van der Waals surface area (Å²) in [7, 11) is 0. The molecule has 3 nitrogen and oxygen atoms in total. The summed E-state index contributed by atoms with van der Waals surface area (Å²) in [5.41, 5.74) is 9.23. The average molecular weight is 255 g/mol. The molecule has 2 fully saturated rings. The minimum atomic E-state index is 0.623. The second-order valence-electron chi connectivity index (χ2n) is 6.08. The molecule has 100 valence electrons. The van der Waals surface area contributed by atoms with E-state index in [1.165, 1.54) is 38.5 Å². The zero-order valence-electron chi connectivity index (χ0n) is 11.4. The van der Waals surface area contributed by atoms with E-state index in [1.54, 1.807) is 6.07 Å². The monoisotopic (exact) mass is 255 g/mol. The maximum atomic E-state index is 9.01. The average Bonchev–Trinajstić information content (AvgIpc) is 2.89. The van der Waals surface area contributed by atoms with Crippen LogP contribution in [0.15, 0.2) is 18.2 Å². The van der Waals surface area contributed by atoms with Crippen LogP contribution in [0.1, 0.15) is 44.1 Å². The van der Waals surface area contributed by atoms with Gasteiger partial charge in [0.05, 0.1) is 23.0 Å². The van der Waals surface area contributed by atoms with Gasteiger partial charge in [-0.25, -0.2) is 0 Å². The van der Waals surface area contributed by atoms with Crippen LogP contribution in [0.3, 0.4) is 0 Å². The highest BCUT2D eigenvalue weighted by molar-refractivity contribution is 5.69. The third kappa shape index (κ3) is 2.28. The van der Waals surface area contributed by atoms with Crippen LogP contribution in [0.25, 0.3) is 0 Å². The number of nitrogens with zero attached hydrogens (tertiary/aromatic N) is 2. The Kier molecular flexibility index (Phi) is 3.10. The molecular weight excluding hydrogens is 234 g/mol. The lowest BCUT2D eigenvalue weighted by Gasteiger charge is -2.40. The molecule has 0 amide bonds. The second kappa shape index (κ2) is 4.77.